The first-order chi connectivity index (χ1) is 9.60. The lowest BCUT2D eigenvalue weighted by atomic mass is 10.1. The van der Waals surface area contributed by atoms with Crippen molar-refractivity contribution < 1.29 is 9.84 Å². The summed E-state index contributed by atoms with van der Waals surface area (Å²) in [6.45, 7) is 2.30. The van der Waals surface area contributed by atoms with Gasteiger partial charge in [0.1, 0.15) is 12.4 Å². The first-order valence-corrected chi connectivity index (χ1v) is 7.20. The molecule has 2 rings (SSSR count). The van der Waals surface area contributed by atoms with Crippen LogP contribution in [0, 0.1) is 0 Å². The Labute approximate surface area is 128 Å². The van der Waals surface area contributed by atoms with Gasteiger partial charge in [-0.3, -0.25) is 0 Å². The van der Waals surface area contributed by atoms with E-state index < -0.39 is 6.10 Å². The van der Waals surface area contributed by atoms with Crippen LogP contribution in [-0.4, -0.2) is 5.11 Å². The first kappa shape index (κ1) is 15.2. The fourth-order valence-corrected chi connectivity index (χ4v) is 2.20. The molecule has 4 heteroatoms. The van der Waals surface area contributed by atoms with Crippen LogP contribution in [0.2, 0.25) is 10.0 Å². The molecule has 0 saturated carbocycles. The lowest BCUT2D eigenvalue weighted by Crippen LogP contribution is -1.98. The molecule has 0 spiro atoms. The monoisotopic (exact) mass is 310 g/mol. The molecule has 0 bridgehead atoms. The number of aliphatic hydroxyl groups is 1. The van der Waals surface area contributed by atoms with Gasteiger partial charge in [-0.15, -0.1) is 0 Å². The van der Waals surface area contributed by atoms with E-state index in [2.05, 4.69) is 0 Å². The summed E-state index contributed by atoms with van der Waals surface area (Å²) in [5, 5.41) is 11.0. The highest BCUT2D eigenvalue weighted by atomic mass is 35.5. The van der Waals surface area contributed by atoms with Crippen molar-refractivity contribution in [3.05, 3.63) is 63.6 Å². The van der Waals surface area contributed by atoms with Gasteiger partial charge in [0.25, 0.3) is 0 Å². The van der Waals surface area contributed by atoms with E-state index in [4.69, 9.17) is 27.9 Å². The fraction of sp³-hybridized carbons (Fsp3) is 0.250. The first-order valence-electron chi connectivity index (χ1n) is 6.45. The third-order valence-electron chi connectivity index (χ3n) is 3.05. The molecular weight excluding hydrogens is 295 g/mol. The summed E-state index contributed by atoms with van der Waals surface area (Å²) >= 11 is 12.0. The lowest BCUT2D eigenvalue weighted by Gasteiger charge is -2.11. The van der Waals surface area contributed by atoms with Crippen molar-refractivity contribution in [2.24, 2.45) is 0 Å². The largest absolute Gasteiger partial charge is 0.489 e. The van der Waals surface area contributed by atoms with Crippen molar-refractivity contribution in [2.45, 2.75) is 26.1 Å². The van der Waals surface area contributed by atoms with Gasteiger partial charge >= 0.3 is 0 Å². The average Bonchev–Trinajstić information content (AvgIpc) is 2.48. The van der Waals surface area contributed by atoms with Crippen molar-refractivity contribution in [3.63, 3.8) is 0 Å². The van der Waals surface area contributed by atoms with Crippen LogP contribution >= 0.6 is 23.2 Å². The summed E-state index contributed by atoms with van der Waals surface area (Å²) in [4.78, 5) is 0. The Bertz CT molecular complexity index is 567. The van der Waals surface area contributed by atoms with Crippen molar-refractivity contribution in [1.29, 1.82) is 0 Å². The molecule has 0 aliphatic carbocycles. The molecule has 0 amide bonds. The van der Waals surface area contributed by atoms with Crippen LogP contribution in [0.4, 0.5) is 0 Å². The lowest BCUT2D eigenvalue weighted by molar-refractivity contribution is 0.173. The molecule has 0 heterocycles. The van der Waals surface area contributed by atoms with Gasteiger partial charge in [-0.05, 0) is 42.3 Å². The topological polar surface area (TPSA) is 29.5 Å². The maximum atomic E-state index is 9.72. The fourth-order valence-electron chi connectivity index (χ4n) is 1.84. The summed E-state index contributed by atoms with van der Waals surface area (Å²) in [7, 11) is 0. The van der Waals surface area contributed by atoms with Crippen LogP contribution in [0.5, 0.6) is 5.75 Å². The third-order valence-corrected chi connectivity index (χ3v) is 3.66. The molecule has 0 saturated heterocycles. The molecule has 0 fully saturated rings. The minimum atomic E-state index is -0.425. The van der Waals surface area contributed by atoms with E-state index in [1.807, 2.05) is 31.2 Å². The second kappa shape index (κ2) is 6.98. The molecule has 0 aliphatic rings. The van der Waals surface area contributed by atoms with Crippen LogP contribution in [0.15, 0.2) is 42.5 Å². The number of aliphatic hydroxyl groups excluding tert-OH is 1. The quantitative estimate of drug-likeness (QED) is 0.840. The predicted molar refractivity (Wildman–Crippen MR) is 82.5 cm³/mol. The Hall–Kier alpha value is -1.22. The van der Waals surface area contributed by atoms with Crippen LogP contribution in [0.3, 0.4) is 0 Å². The SMILES string of the molecule is CC[C@@H](O)c1ccc(OCc2cc(Cl)ccc2Cl)cc1. The molecule has 0 radical (unpaired) electrons. The average molecular weight is 311 g/mol. The van der Waals surface area contributed by atoms with Gasteiger partial charge in [-0.25, -0.2) is 0 Å². The van der Waals surface area contributed by atoms with Gasteiger partial charge in [0, 0.05) is 15.6 Å². The van der Waals surface area contributed by atoms with E-state index in [0.29, 0.717) is 23.1 Å². The van der Waals surface area contributed by atoms with Gasteiger partial charge in [0.05, 0.1) is 6.10 Å². The number of hydrogen-bond acceptors (Lipinski definition) is 2. The van der Waals surface area contributed by atoms with E-state index in [-0.39, 0.29) is 0 Å². The minimum Gasteiger partial charge on any atom is -0.489 e. The number of ether oxygens (including phenoxy) is 1. The highest BCUT2D eigenvalue weighted by molar-refractivity contribution is 6.33. The molecule has 20 heavy (non-hydrogen) atoms. The van der Waals surface area contributed by atoms with E-state index in [1.54, 1.807) is 18.2 Å². The van der Waals surface area contributed by atoms with Gasteiger partial charge in [0.2, 0.25) is 0 Å². The van der Waals surface area contributed by atoms with Crippen molar-refractivity contribution in [2.75, 3.05) is 0 Å². The van der Waals surface area contributed by atoms with Crippen LogP contribution in [-0.2, 0) is 6.61 Å². The molecule has 0 aliphatic heterocycles. The zero-order valence-electron chi connectivity index (χ0n) is 11.1. The zero-order chi connectivity index (χ0) is 14.5. The van der Waals surface area contributed by atoms with Gasteiger partial charge < -0.3 is 9.84 Å². The molecule has 0 aromatic heterocycles. The van der Waals surface area contributed by atoms with E-state index in [9.17, 15) is 5.11 Å². The number of rotatable bonds is 5. The Morgan fingerprint density at radius 2 is 1.80 bits per heavy atom. The van der Waals surface area contributed by atoms with Crippen molar-refractivity contribution in [1.82, 2.24) is 0 Å². The number of halogens is 2. The van der Waals surface area contributed by atoms with Crippen LogP contribution < -0.4 is 4.74 Å². The Kier molecular flexibility index (Phi) is 5.30. The van der Waals surface area contributed by atoms with Crippen molar-refractivity contribution in [3.8, 4) is 5.75 Å². The molecule has 2 aromatic rings. The summed E-state index contributed by atoms with van der Waals surface area (Å²) in [6, 6.07) is 12.7. The second-order valence-corrected chi connectivity index (χ2v) is 5.36. The highest BCUT2D eigenvalue weighted by Crippen LogP contribution is 2.24. The Balaban J connectivity index is 2.02. The minimum absolute atomic E-state index is 0.356. The van der Waals surface area contributed by atoms with Crippen LogP contribution in [0.25, 0.3) is 0 Å². The molecule has 106 valence electrons. The Morgan fingerprint density at radius 3 is 2.45 bits per heavy atom. The molecule has 0 unspecified atom stereocenters. The molecular formula is C16H16Cl2O2. The predicted octanol–water partition coefficient (Wildman–Crippen LogP) is 5.02. The van der Waals surface area contributed by atoms with E-state index >= 15 is 0 Å². The maximum Gasteiger partial charge on any atom is 0.119 e. The molecule has 1 N–H and O–H groups in total. The molecule has 2 aromatic carbocycles. The van der Waals surface area contributed by atoms with Gasteiger partial charge in [0.15, 0.2) is 0 Å². The standard InChI is InChI=1S/C16H16Cl2O2/c1-2-16(19)11-3-6-14(7-4-11)20-10-12-9-13(17)5-8-15(12)18/h3-9,16,19H,2,10H2,1H3/t16-/m1/s1. The molecule has 1 atom stereocenters. The van der Waals surface area contributed by atoms with E-state index in [0.717, 1.165) is 16.9 Å². The van der Waals surface area contributed by atoms with E-state index in [1.165, 1.54) is 0 Å². The smallest absolute Gasteiger partial charge is 0.119 e. The zero-order valence-corrected chi connectivity index (χ0v) is 12.7. The maximum absolute atomic E-state index is 9.72. The highest BCUT2D eigenvalue weighted by Gasteiger charge is 2.06. The summed E-state index contributed by atoms with van der Waals surface area (Å²) in [5.74, 6) is 0.730. The molecule has 2 nitrogen and oxygen atoms in total. The van der Waals surface area contributed by atoms with Gasteiger partial charge in [-0.1, -0.05) is 42.3 Å². The number of benzene rings is 2. The van der Waals surface area contributed by atoms with Crippen LogP contribution in [0.1, 0.15) is 30.6 Å². The Morgan fingerprint density at radius 1 is 1.10 bits per heavy atom. The normalized spacial score (nSPS) is 12.2. The third kappa shape index (κ3) is 3.89. The summed E-state index contributed by atoms with van der Waals surface area (Å²) in [6.07, 6.45) is 0.268. The van der Waals surface area contributed by atoms with Crippen molar-refractivity contribution >= 4 is 23.2 Å². The summed E-state index contributed by atoms with van der Waals surface area (Å²) < 4.78 is 5.67. The number of hydrogen-bond donors (Lipinski definition) is 1. The second-order valence-electron chi connectivity index (χ2n) is 4.52. The summed E-state index contributed by atoms with van der Waals surface area (Å²) in [5.41, 5.74) is 1.73. The van der Waals surface area contributed by atoms with Gasteiger partial charge in [-0.2, -0.15) is 0 Å².